The summed E-state index contributed by atoms with van der Waals surface area (Å²) in [4.78, 5) is 22.9. The molecule has 0 amide bonds. The van der Waals surface area contributed by atoms with Gasteiger partial charge in [-0.2, -0.15) is 0 Å². The summed E-state index contributed by atoms with van der Waals surface area (Å²) in [6.45, 7) is 3.82. The Morgan fingerprint density at radius 3 is 2.09 bits per heavy atom. The third-order valence-corrected chi connectivity index (χ3v) is 3.64. The number of hydrogen-bond acceptors (Lipinski definition) is 8. The molecule has 8 nitrogen and oxygen atoms in total. The number of ether oxygens (including phenoxy) is 2. The van der Waals surface area contributed by atoms with Crippen molar-refractivity contribution in [3.05, 3.63) is 0 Å². The van der Waals surface area contributed by atoms with E-state index in [0.717, 1.165) is 12.8 Å². The first kappa shape index (κ1) is 18.8. The molecule has 0 spiro atoms. The minimum absolute atomic E-state index is 0.392. The number of carbonyl (C=O) groups excluding carboxylic acids is 2. The first-order chi connectivity index (χ1) is 10.3. The molecule has 0 aromatic carbocycles. The predicted octanol–water partition coefficient (Wildman–Crippen LogP) is -1.70. The van der Waals surface area contributed by atoms with Gasteiger partial charge < -0.3 is 34.7 Å². The Morgan fingerprint density at radius 2 is 1.64 bits per heavy atom. The van der Waals surface area contributed by atoms with Crippen molar-refractivity contribution in [2.75, 3.05) is 0 Å². The maximum absolute atomic E-state index is 12.1. The van der Waals surface area contributed by atoms with E-state index in [9.17, 15) is 30.0 Å². The standard InChI is InChI=1S/C14H24O8/c1-3-5-7(6-4-2)13(20)22-14-10(17)8(15)9(16)11(21-14)12(18)19/h7-11,14-17H,3-6H2,1-2H3,(H,18,19)/p-1. The van der Waals surface area contributed by atoms with Gasteiger partial charge in [-0.1, -0.05) is 26.7 Å². The summed E-state index contributed by atoms with van der Waals surface area (Å²) in [5, 5.41) is 39.8. The van der Waals surface area contributed by atoms with Crippen LogP contribution < -0.4 is 5.11 Å². The van der Waals surface area contributed by atoms with E-state index in [1.54, 1.807) is 0 Å². The summed E-state index contributed by atoms with van der Waals surface area (Å²) in [7, 11) is 0. The van der Waals surface area contributed by atoms with Gasteiger partial charge in [0.25, 0.3) is 0 Å². The molecule has 1 rings (SSSR count). The second-order valence-corrected chi connectivity index (χ2v) is 5.43. The summed E-state index contributed by atoms with van der Waals surface area (Å²) in [5.74, 6) is -2.79. The van der Waals surface area contributed by atoms with Crippen molar-refractivity contribution < 1.29 is 39.5 Å². The molecule has 1 fully saturated rings. The summed E-state index contributed by atoms with van der Waals surface area (Å²) in [5.41, 5.74) is 0. The summed E-state index contributed by atoms with van der Waals surface area (Å²) in [6, 6.07) is 0. The average molecular weight is 319 g/mol. The molecule has 1 heterocycles. The second-order valence-electron chi connectivity index (χ2n) is 5.43. The molecular formula is C14H23O8-. The van der Waals surface area contributed by atoms with Crippen LogP contribution in [0.15, 0.2) is 0 Å². The van der Waals surface area contributed by atoms with Crippen molar-refractivity contribution in [2.24, 2.45) is 5.92 Å². The fourth-order valence-corrected chi connectivity index (χ4v) is 2.43. The van der Waals surface area contributed by atoms with E-state index in [2.05, 4.69) is 0 Å². The third-order valence-electron chi connectivity index (χ3n) is 3.64. The average Bonchev–Trinajstić information content (AvgIpc) is 2.47. The van der Waals surface area contributed by atoms with Crippen LogP contribution in [0.1, 0.15) is 39.5 Å². The van der Waals surface area contributed by atoms with E-state index >= 15 is 0 Å². The Kier molecular flexibility index (Phi) is 7.21. The number of hydrogen-bond donors (Lipinski definition) is 3. The number of aliphatic hydroxyl groups is 3. The number of rotatable bonds is 7. The number of carboxylic acid groups (broad SMARTS) is 1. The lowest BCUT2D eigenvalue weighted by Crippen LogP contribution is -2.63. The maximum atomic E-state index is 12.1. The molecule has 0 bridgehead atoms. The van der Waals surface area contributed by atoms with Gasteiger partial charge in [-0.15, -0.1) is 0 Å². The lowest BCUT2D eigenvalue weighted by atomic mass is 9.97. The fraction of sp³-hybridized carbons (Fsp3) is 0.857. The largest absolute Gasteiger partial charge is 0.547 e. The Balaban J connectivity index is 2.77. The van der Waals surface area contributed by atoms with E-state index in [4.69, 9.17) is 9.47 Å². The molecule has 1 aliphatic rings. The van der Waals surface area contributed by atoms with Crippen LogP contribution in [0.4, 0.5) is 0 Å². The SMILES string of the molecule is CCCC(CCC)C(=O)OC1OC(C(=O)[O-])C(O)C(O)C1O. The zero-order chi connectivity index (χ0) is 16.9. The minimum Gasteiger partial charge on any atom is -0.547 e. The van der Waals surface area contributed by atoms with E-state index in [-0.39, 0.29) is 0 Å². The van der Waals surface area contributed by atoms with Crippen LogP contribution >= 0.6 is 0 Å². The number of carbonyl (C=O) groups is 2. The number of aliphatic carboxylic acids is 1. The van der Waals surface area contributed by atoms with Crippen molar-refractivity contribution >= 4 is 11.9 Å². The van der Waals surface area contributed by atoms with Crippen LogP contribution in [0.2, 0.25) is 0 Å². The monoisotopic (exact) mass is 319 g/mol. The second kappa shape index (κ2) is 8.42. The quantitative estimate of drug-likeness (QED) is 0.473. The number of carboxylic acids is 1. The van der Waals surface area contributed by atoms with E-state index in [1.165, 1.54) is 0 Å². The summed E-state index contributed by atoms with van der Waals surface area (Å²) >= 11 is 0. The molecule has 3 N–H and O–H groups in total. The molecule has 128 valence electrons. The van der Waals surface area contributed by atoms with Crippen molar-refractivity contribution in [3.8, 4) is 0 Å². The normalized spacial score (nSPS) is 32.0. The predicted molar refractivity (Wildman–Crippen MR) is 71.1 cm³/mol. The summed E-state index contributed by atoms with van der Waals surface area (Å²) in [6.07, 6.45) is -6.26. The van der Waals surface area contributed by atoms with Crippen molar-refractivity contribution in [1.29, 1.82) is 0 Å². The third kappa shape index (κ3) is 4.39. The van der Waals surface area contributed by atoms with E-state index < -0.39 is 48.6 Å². The van der Waals surface area contributed by atoms with Gasteiger partial charge in [0.15, 0.2) is 0 Å². The molecular weight excluding hydrogens is 296 g/mol. The van der Waals surface area contributed by atoms with Crippen LogP contribution in [-0.2, 0) is 19.1 Å². The Labute approximate surface area is 128 Å². The van der Waals surface area contributed by atoms with Crippen LogP contribution in [0.3, 0.4) is 0 Å². The smallest absolute Gasteiger partial charge is 0.311 e. The van der Waals surface area contributed by atoms with E-state index in [0.29, 0.717) is 12.8 Å². The highest BCUT2D eigenvalue weighted by Crippen LogP contribution is 2.24. The van der Waals surface area contributed by atoms with Gasteiger partial charge in [0.2, 0.25) is 6.29 Å². The molecule has 0 saturated carbocycles. The van der Waals surface area contributed by atoms with Crippen LogP contribution in [-0.4, -0.2) is 58.0 Å². The van der Waals surface area contributed by atoms with Crippen LogP contribution in [0, 0.1) is 5.92 Å². The van der Waals surface area contributed by atoms with Gasteiger partial charge in [0.1, 0.15) is 24.4 Å². The van der Waals surface area contributed by atoms with Gasteiger partial charge in [0, 0.05) is 0 Å². The van der Waals surface area contributed by atoms with Gasteiger partial charge in [0.05, 0.1) is 11.9 Å². The zero-order valence-corrected chi connectivity index (χ0v) is 12.7. The van der Waals surface area contributed by atoms with Gasteiger partial charge in [-0.3, -0.25) is 4.79 Å². The highest BCUT2D eigenvalue weighted by Gasteiger charge is 2.46. The molecule has 5 atom stereocenters. The highest BCUT2D eigenvalue weighted by atomic mass is 16.7. The van der Waals surface area contributed by atoms with Crippen LogP contribution in [0.25, 0.3) is 0 Å². The zero-order valence-electron chi connectivity index (χ0n) is 12.7. The number of esters is 1. The highest BCUT2D eigenvalue weighted by molar-refractivity contribution is 5.73. The van der Waals surface area contributed by atoms with Gasteiger partial charge in [-0.25, -0.2) is 0 Å². The minimum atomic E-state index is -1.88. The lowest BCUT2D eigenvalue weighted by Gasteiger charge is -2.40. The number of aliphatic hydroxyl groups excluding tert-OH is 3. The van der Waals surface area contributed by atoms with Crippen molar-refractivity contribution in [1.82, 2.24) is 0 Å². The van der Waals surface area contributed by atoms with Crippen LogP contribution in [0.5, 0.6) is 0 Å². The summed E-state index contributed by atoms with van der Waals surface area (Å²) < 4.78 is 9.85. The van der Waals surface area contributed by atoms with Gasteiger partial charge >= 0.3 is 5.97 Å². The Morgan fingerprint density at radius 1 is 1.09 bits per heavy atom. The maximum Gasteiger partial charge on any atom is 0.311 e. The molecule has 22 heavy (non-hydrogen) atoms. The Hall–Kier alpha value is -1.22. The Bertz CT molecular complexity index is 379. The van der Waals surface area contributed by atoms with E-state index in [1.807, 2.05) is 13.8 Å². The van der Waals surface area contributed by atoms with Gasteiger partial charge in [-0.05, 0) is 12.8 Å². The first-order valence-electron chi connectivity index (χ1n) is 7.44. The molecule has 8 heteroatoms. The lowest BCUT2D eigenvalue weighted by molar-refractivity contribution is -0.346. The molecule has 0 aromatic heterocycles. The molecule has 0 aliphatic carbocycles. The van der Waals surface area contributed by atoms with Crippen molar-refractivity contribution in [2.45, 2.75) is 70.2 Å². The molecule has 1 saturated heterocycles. The fourth-order valence-electron chi connectivity index (χ4n) is 2.43. The molecule has 1 aliphatic heterocycles. The van der Waals surface area contributed by atoms with Crippen molar-refractivity contribution in [3.63, 3.8) is 0 Å². The molecule has 0 aromatic rings. The topological polar surface area (TPSA) is 136 Å². The molecule has 5 unspecified atom stereocenters. The first-order valence-corrected chi connectivity index (χ1v) is 7.44. The molecule has 0 radical (unpaired) electrons.